The molecule has 0 saturated heterocycles. The number of aromatic nitrogens is 1. The highest BCUT2D eigenvalue weighted by Gasteiger charge is 2.07. The predicted octanol–water partition coefficient (Wildman–Crippen LogP) is 2.63. The Labute approximate surface area is 125 Å². The minimum Gasteiger partial charge on any atom is -0.383 e. The highest BCUT2D eigenvalue weighted by Crippen LogP contribution is 2.04. The van der Waals surface area contributed by atoms with E-state index in [2.05, 4.69) is 15.6 Å². The van der Waals surface area contributed by atoms with E-state index in [0.29, 0.717) is 19.4 Å². The minimum absolute atomic E-state index is 0.0583. The van der Waals surface area contributed by atoms with Crippen LogP contribution in [-0.2, 0) is 11.2 Å². The lowest BCUT2D eigenvalue weighted by molar-refractivity contribution is -0.121. The number of hydrogen-bond acceptors (Lipinski definition) is 3. The molecule has 1 amide bonds. The van der Waals surface area contributed by atoms with Crippen LogP contribution in [0.4, 0.5) is 5.69 Å². The standard InChI is InChI=1S/C17H21N3O/c1-14(13-19-15-7-3-2-4-8-15)20-17(21)11-10-16-9-5-6-12-18-16/h2-9,12,14,19H,10-11,13H2,1H3,(H,20,21)/t14-/m1/s1. The molecule has 4 nitrogen and oxygen atoms in total. The molecule has 21 heavy (non-hydrogen) atoms. The van der Waals surface area contributed by atoms with Crippen molar-refractivity contribution in [2.24, 2.45) is 0 Å². The van der Waals surface area contributed by atoms with Crippen LogP contribution < -0.4 is 10.6 Å². The van der Waals surface area contributed by atoms with Gasteiger partial charge in [0.1, 0.15) is 0 Å². The molecule has 0 bridgehead atoms. The van der Waals surface area contributed by atoms with Gasteiger partial charge in [-0.15, -0.1) is 0 Å². The number of benzene rings is 1. The van der Waals surface area contributed by atoms with Gasteiger partial charge in [-0.1, -0.05) is 24.3 Å². The Balaban J connectivity index is 1.67. The van der Waals surface area contributed by atoms with Crippen molar-refractivity contribution in [1.82, 2.24) is 10.3 Å². The minimum atomic E-state index is 0.0583. The lowest BCUT2D eigenvalue weighted by Crippen LogP contribution is -2.37. The van der Waals surface area contributed by atoms with Crippen LogP contribution in [0, 0.1) is 0 Å². The van der Waals surface area contributed by atoms with Crippen LogP contribution in [-0.4, -0.2) is 23.5 Å². The van der Waals surface area contributed by atoms with Crippen LogP contribution in [0.5, 0.6) is 0 Å². The molecule has 1 aromatic carbocycles. The molecular weight excluding hydrogens is 262 g/mol. The summed E-state index contributed by atoms with van der Waals surface area (Å²) >= 11 is 0. The smallest absolute Gasteiger partial charge is 0.220 e. The lowest BCUT2D eigenvalue weighted by atomic mass is 10.2. The van der Waals surface area contributed by atoms with E-state index in [4.69, 9.17) is 0 Å². The maximum Gasteiger partial charge on any atom is 0.220 e. The maximum absolute atomic E-state index is 11.9. The van der Waals surface area contributed by atoms with Crippen LogP contribution >= 0.6 is 0 Å². The van der Waals surface area contributed by atoms with Gasteiger partial charge in [0.05, 0.1) is 0 Å². The van der Waals surface area contributed by atoms with Crippen molar-refractivity contribution in [2.45, 2.75) is 25.8 Å². The molecule has 1 aromatic heterocycles. The summed E-state index contributed by atoms with van der Waals surface area (Å²) < 4.78 is 0. The summed E-state index contributed by atoms with van der Waals surface area (Å²) in [6, 6.07) is 15.8. The molecule has 0 saturated carbocycles. The molecule has 0 unspecified atom stereocenters. The molecule has 0 fully saturated rings. The van der Waals surface area contributed by atoms with E-state index < -0.39 is 0 Å². The third kappa shape index (κ3) is 5.65. The van der Waals surface area contributed by atoms with E-state index in [1.54, 1.807) is 6.20 Å². The average molecular weight is 283 g/mol. The Hall–Kier alpha value is -2.36. The van der Waals surface area contributed by atoms with Crippen molar-refractivity contribution in [3.05, 3.63) is 60.4 Å². The van der Waals surface area contributed by atoms with Crippen LogP contribution in [0.25, 0.3) is 0 Å². The van der Waals surface area contributed by atoms with Crippen molar-refractivity contribution in [1.29, 1.82) is 0 Å². The lowest BCUT2D eigenvalue weighted by Gasteiger charge is -2.15. The molecule has 2 aromatic rings. The Morgan fingerprint density at radius 2 is 1.90 bits per heavy atom. The largest absolute Gasteiger partial charge is 0.383 e. The summed E-state index contributed by atoms with van der Waals surface area (Å²) in [5.74, 6) is 0.0583. The number of aryl methyl sites for hydroxylation is 1. The summed E-state index contributed by atoms with van der Waals surface area (Å²) in [5.41, 5.74) is 2.01. The van der Waals surface area contributed by atoms with Gasteiger partial charge >= 0.3 is 0 Å². The van der Waals surface area contributed by atoms with Crippen LogP contribution in [0.1, 0.15) is 19.0 Å². The fraction of sp³-hybridized carbons (Fsp3) is 0.294. The number of carbonyl (C=O) groups excluding carboxylic acids is 1. The third-order valence-corrected chi connectivity index (χ3v) is 3.13. The van der Waals surface area contributed by atoms with E-state index in [0.717, 1.165) is 11.4 Å². The summed E-state index contributed by atoms with van der Waals surface area (Å²) in [6.45, 7) is 2.70. The second-order valence-electron chi connectivity index (χ2n) is 5.04. The first kappa shape index (κ1) is 15.0. The Morgan fingerprint density at radius 1 is 1.14 bits per heavy atom. The van der Waals surface area contributed by atoms with Crippen LogP contribution in [0.15, 0.2) is 54.7 Å². The highest BCUT2D eigenvalue weighted by atomic mass is 16.1. The Morgan fingerprint density at radius 3 is 2.62 bits per heavy atom. The number of rotatable bonds is 7. The van der Waals surface area contributed by atoms with Gasteiger partial charge in [0.15, 0.2) is 0 Å². The van der Waals surface area contributed by atoms with E-state index in [1.165, 1.54) is 0 Å². The fourth-order valence-corrected chi connectivity index (χ4v) is 2.01. The first-order chi connectivity index (χ1) is 10.2. The molecule has 2 N–H and O–H groups in total. The van der Waals surface area contributed by atoms with Gasteiger partial charge in [0.2, 0.25) is 5.91 Å². The topological polar surface area (TPSA) is 54.0 Å². The number of amides is 1. The van der Waals surface area contributed by atoms with E-state index in [9.17, 15) is 4.79 Å². The summed E-state index contributed by atoms with van der Waals surface area (Å²) in [4.78, 5) is 16.1. The first-order valence-corrected chi connectivity index (χ1v) is 7.22. The van der Waals surface area contributed by atoms with Gasteiger partial charge in [0, 0.05) is 36.6 Å². The molecular formula is C17H21N3O. The van der Waals surface area contributed by atoms with Gasteiger partial charge in [-0.05, 0) is 37.6 Å². The third-order valence-electron chi connectivity index (χ3n) is 3.13. The quantitative estimate of drug-likeness (QED) is 0.821. The zero-order valence-corrected chi connectivity index (χ0v) is 12.3. The van der Waals surface area contributed by atoms with E-state index in [-0.39, 0.29) is 11.9 Å². The second-order valence-corrected chi connectivity index (χ2v) is 5.04. The SMILES string of the molecule is C[C@H](CNc1ccccc1)NC(=O)CCc1ccccn1. The van der Waals surface area contributed by atoms with Crippen molar-refractivity contribution >= 4 is 11.6 Å². The average Bonchev–Trinajstić information content (AvgIpc) is 2.53. The second kappa shape index (κ2) is 8.04. The van der Waals surface area contributed by atoms with Crippen LogP contribution in [0.2, 0.25) is 0 Å². The van der Waals surface area contributed by atoms with Crippen LogP contribution in [0.3, 0.4) is 0 Å². The number of para-hydroxylation sites is 1. The van der Waals surface area contributed by atoms with Crippen molar-refractivity contribution < 1.29 is 4.79 Å². The van der Waals surface area contributed by atoms with E-state index in [1.807, 2.05) is 55.5 Å². The highest BCUT2D eigenvalue weighted by molar-refractivity contribution is 5.76. The molecule has 0 radical (unpaired) electrons. The van der Waals surface area contributed by atoms with E-state index >= 15 is 0 Å². The van der Waals surface area contributed by atoms with Crippen molar-refractivity contribution in [3.63, 3.8) is 0 Å². The van der Waals surface area contributed by atoms with Gasteiger partial charge in [-0.3, -0.25) is 9.78 Å². The zero-order chi connectivity index (χ0) is 14.9. The number of nitrogens with one attached hydrogen (secondary N) is 2. The number of nitrogens with zero attached hydrogens (tertiary/aromatic N) is 1. The molecule has 1 heterocycles. The molecule has 0 aliphatic rings. The zero-order valence-electron chi connectivity index (χ0n) is 12.3. The fourth-order valence-electron chi connectivity index (χ4n) is 2.01. The molecule has 110 valence electrons. The maximum atomic E-state index is 11.9. The molecule has 0 spiro atoms. The van der Waals surface area contributed by atoms with Gasteiger partial charge in [-0.25, -0.2) is 0 Å². The van der Waals surface area contributed by atoms with Gasteiger partial charge < -0.3 is 10.6 Å². The predicted molar refractivity (Wildman–Crippen MR) is 85.1 cm³/mol. The molecule has 0 aliphatic carbocycles. The first-order valence-electron chi connectivity index (χ1n) is 7.22. The molecule has 4 heteroatoms. The summed E-state index contributed by atoms with van der Waals surface area (Å²) in [5, 5.41) is 6.29. The number of anilines is 1. The van der Waals surface area contributed by atoms with Crippen molar-refractivity contribution in [2.75, 3.05) is 11.9 Å². The number of carbonyl (C=O) groups is 1. The number of pyridine rings is 1. The van der Waals surface area contributed by atoms with Gasteiger partial charge in [0.25, 0.3) is 0 Å². The van der Waals surface area contributed by atoms with Crippen molar-refractivity contribution in [3.8, 4) is 0 Å². The summed E-state index contributed by atoms with van der Waals surface area (Å²) in [7, 11) is 0. The molecule has 1 atom stereocenters. The Bertz CT molecular complexity index is 542. The normalized spacial score (nSPS) is 11.7. The Kier molecular flexibility index (Phi) is 5.76. The number of hydrogen-bond donors (Lipinski definition) is 2. The molecule has 2 rings (SSSR count). The monoisotopic (exact) mass is 283 g/mol. The molecule has 0 aliphatic heterocycles. The van der Waals surface area contributed by atoms with Gasteiger partial charge in [-0.2, -0.15) is 0 Å². The summed E-state index contributed by atoms with van der Waals surface area (Å²) in [6.07, 6.45) is 2.89.